The van der Waals surface area contributed by atoms with Crippen LogP contribution in [0.25, 0.3) is 11.3 Å². The minimum atomic E-state index is 0.166. The number of hydrogen-bond donors (Lipinski definition) is 2. The quantitative estimate of drug-likeness (QED) is 0.429. The number of nitrogen functional groups attached to an aromatic ring is 1. The molecule has 1 atom stereocenters. The molecule has 1 aliphatic rings. The first-order chi connectivity index (χ1) is 17.6. The van der Waals surface area contributed by atoms with Gasteiger partial charge < -0.3 is 25.2 Å². The number of nitrogens with zero attached hydrogens (tertiary/aromatic N) is 7. The van der Waals surface area contributed by atoms with Crippen LogP contribution in [0.4, 0.5) is 17.2 Å². The highest BCUT2D eigenvalue weighted by molar-refractivity contribution is 5.74. The van der Waals surface area contributed by atoms with Crippen molar-refractivity contribution in [3.8, 4) is 28.8 Å². The molecule has 3 aromatic heterocycles. The Morgan fingerprint density at radius 2 is 1.97 bits per heavy atom. The number of rotatable bonds is 4. The second-order valence-corrected chi connectivity index (χ2v) is 8.77. The zero-order valence-electron chi connectivity index (χ0n) is 20.1. The fourth-order valence-electron chi connectivity index (χ4n) is 4.42. The van der Waals surface area contributed by atoms with Crippen LogP contribution in [0, 0.1) is 11.8 Å². The van der Waals surface area contributed by atoms with Gasteiger partial charge in [-0.25, -0.2) is 9.97 Å². The van der Waals surface area contributed by atoms with Gasteiger partial charge in [0.05, 0.1) is 24.3 Å². The number of para-hydroxylation sites is 1. The van der Waals surface area contributed by atoms with Gasteiger partial charge in [0.25, 0.3) is 0 Å². The Morgan fingerprint density at radius 1 is 1.08 bits per heavy atom. The minimum absolute atomic E-state index is 0.166. The van der Waals surface area contributed by atoms with Gasteiger partial charge in [0.2, 0.25) is 0 Å². The highest BCUT2D eigenvalue weighted by Crippen LogP contribution is 2.32. The van der Waals surface area contributed by atoms with Crippen molar-refractivity contribution >= 4 is 17.2 Å². The van der Waals surface area contributed by atoms with Gasteiger partial charge in [0.15, 0.2) is 5.82 Å². The first-order valence-electron chi connectivity index (χ1n) is 11.9. The Kier molecular flexibility index (Phi) is 6.67. The van der Waals surface area contributed by atoms with Crippen molar-refractivity contribution in [2.45, 2.75) is 25.9 Å². The van der Waals surface area contributed by atoms with E-state index in [1.165, 1.54) is 0 Å². The molecule has 4 heterocycles. The maximum Gasteiger partial charge on any atom is 0.169 e. The smallest absolute Gasteiger partial charge is 0.169 e. The summed E-state index contributed by atoms with van der Waals surface area (Å²) in [6.07, 6.45) is 8.14. The third kappa shape index (κ3) is 5.08. The van der Waals surface area contributed by atoms with E-state index in [0.29, 0.717) is 29.7 Å². The van der Waals surface area contributed by atoms with Crippen LogP contribution in [0.15, 0.2) is 67.4 Å². The van der Waals surface area contributed by atoms with Gasteiger partial charge in [-0.2, -0.15) is 0 Å². The van der Waals surface area contributed by atoms with Gasteiger partial charge in [0.1, 0.15) is 11.4 Å². The maximum absolute atomic E-state index is 10.3. The second-order valence-electron chi connectivity index (χ2n) is 8.77. The fourth-order valence-corrected chi connectivity index (χ4v) is 4.42. The largest absolute Gasteiger partial charge is 0.507 e. The fraction of sp³-hybridized carbons (Fsp3) is 0.259. The van der Waals surface area contributed by atoms with E-state index in [2.05, 4.69) is 48.7 Å². The summed E-state index contributed by atoms with van der Waals surface area (Å²) >= 11 is 0. The number of phenolic OH excluding ortho intramolecular Hbond substituents is 1. The van der Waals surface area contributed by atoms with Crippen molar-refractivity contribution in [2.24, 2.45) is 0 Å². The maximum atomic E-state index is 10.3. The number of nitrogens with two attached hydrogens (primary N) is 1. The molecule has 0 bridgehead atoms. The third-order valence-corrected chi connectivity index (χ3v) is 6.39. The Morgan fingerprint density at radius 3 is 2.81 bits per heavy atom. The van der Waals surface area contributed by atoms with Crippen molar-refractivity contribution < 1.29 is 5.11 Å². The second kappa shape index (κ2) is 10.4. The van der Waals surface area contributed by atoms with Crippen molar-refractivity contribution in [3.05, 3.63) is 73.1 Å². The molecule has 3 N–H and O–H groups in total. The Bertz CT molecular complexity index is 1390. The Balaban J connectivity index is 1.33. The van der Waals surface area contributed by atoms with E-state index >= 15 is 0 Å². The molecule has 0 aliphatic carbocycles. The molecule has 1 saturated heterocycles. The van der Waals surface area contributed by atoms with Gasteiger partial charge in [-0.1, -0.05) is 18.1 Å². The van der Waals surface area contributed by atoms with E-state index < -0.39 is 0 Å². The Labute approximate surface area is 210 Å². The predicted octanol–water partition coefficient (Wildman–Crippen LogP) is 3.18. The summed E-state index contributed by atoms with van der Waals surface area (Å²) in [5.41, 5.74) is 10.2. The number of aromatic nitrogens is 5. The SMILES string of the molecule is C[C@@H]1CCN(c2cc(-c3ccccc3O)nnc2N)CCN1c1ccnc(C#CCn2ccnc2)c1. The summed E-state index contributed by atoms with van der Waals surface area (Å²) < 4.78 is 1.92. The van der Waals surface area contributed by atoms with E-state index in [1.807, 2.05) is 47.3 Å². The van der Waals surface area contributed by atoms with Crippen LogP contribution in [0.2, 0.25) is 0 Å². The van der Waals surface area contributed by atoms with Crippen LogP contribution in [0.5, 0.6) is 5.75 Å². The zero-order chi connectivity index (χ0) is 24.9. The summed E-state index contributed by atoms with van der Waals surface area (Å²) in [4.78, 5) is 13.1. The van der Waals surface area contributed by atoms with Crippen LogP contribution < -0.4 is 15.5 Å². The van der Waals surface area contributed by atoms with Crippen LogP contribution in [0.3, 0.4) is 0 Å². The lowest BCUT2D eigenvalue weighted by atomic mass is 10.1. The number of pyridine rings is 1. The van der Waals surface area contributed by atoms with Crippen LogP contribution >= 0.6 is 0 Å². The molecule has 9 heteroatoms. The van der Waals surface area contributed by atoms with Crippen molar-refractivity contribution in [1.82, 2.24) is 24.7 Å². The first-order valence-corrected chi connectivity index (χ1v) is 11.9. The van der Waals surface area contributed by atoms with Crippen LogP contribution in [0.1, 0.15) is 19.0 Å². The minimum Gasteiger partial charge on any atom is -0.507 e. The molecule has 1 aliphatic heterocycles. The molecule has 4 aromatic rings. The zero-order valence-corrected chi connectivity index (χ0v) is 20.1. The highest BCUT2D eigenvalue weighted by atomic mass is 16.3. The number of phenols is 1. The van der Waals surface area contributed by atoms with E-state index in [4.69, 9.17) is 5.73 Å². The lowest BCUT2D eigenvalue weighted by Crippen LogP contribution is -2.35. The topological polar surface area (TPSA) is 109 Å². The summed E-state index contributed by atoms with van der Waals surface area (Å²) in [5, 5.41) is 18.7. The molecule has 5 rings (SSSR count). The molecule has 1 aromatic carbocycles. The summed E-state index contributed by atoms with van der Waals surface area (Å²) in [6.45, 7) is 5.21. The molecule has 9 nitrogen and oxygen atoms in total. The number of aromatic hydroxyl groups is 1. The third-order valence-electron chi connectivity index (χ3n) is 6.39. The van der Waals surface area contributed by atoms with E-state index in [1.54, 1.807) is 24.7 Å². The molecule has 0 unspecified atom stereocenters. The molecule has 0 spiro atoms. The van der Waals surface area contributed by atoms with E-state index in [-0.39, 0.29) is 5.75 Å². The Hall–Kier alpha value is -4.58. The summed E-state index contributed by atoms with van der Waals surface area (Å²) in [7, 11) is 0. The van der Waals surface area contributed by atoms with E-state index in [0.717, 1.165) is 43.1 Å². The monoisotopic (exact) mass is 480 g/mol. The van der Waals surface area contributed by atoms with Gasteiger partial charge in [-0.3, -0.25) is 0 Å². The molecular formula is C27H28N8O. The predicted molar refractivity (Wildman–Crippen MR) is 141 cm³/mol. The number of hydrogen-bond acceptors (Lipinski definition) is 8. The highest BCUT2D eigenvalue weighted by Gasteiger charge is 2.24. The number of anilines is 3. The van der Waals surface area contributed by atoms with Crippen LogP contribution in [-0.4, -0.2) is 55.5 Å². The summed E-state index contributed by atoms with van der Waals surface area (Å²) in [5.74, 6) is 6.87. The average molecular weight is 481 g/mol. The standard InChI is InChI=1S/C27H28N8O/c1-20-9-13-34(25-18-24(31-32-27(25)28)23-6-2-3-7-26(23)36)15-16-35(20)22-8-10-30-21(17-22)5-4-12-33-14-11-29-19-33/h2-3,6-8,10-11,14,17-20,36H,9,12-13,15-16H2,1H3,(H2,28,32)/t20-/m1/s1. The molecule has 0 radical (unpaired) electrons. The van der Waals surface area contributed by atoms with E-state index in [9.17, 15) is 5.11 Å². The van der Waals surface area contributed by atoms with Crippen LogP contribution in [-0.2, 0) is 6.54 Å². The lowest BCUT2D eigenvalue weighted by molar-refractivity contribution is 0.477. The summed E-state index contributed by atoms with van der Waals surface area (Å²) in [6, 6.07) is 13.4. The van der Waals surface area contributed by atoms with Crippen molar-refractivity contribution in [2.75, 3.05) is 35.2 Å². The van der Waals surface area contributed by atoms with Crippen molar-refractivity contribution in [1.29, 1.82) is 0 Å². The van der Waals surface area contributed by atoms with Gasteiger partial charge in [-0.05, 0) is 49.6 Å². The van der Waals surface area contributed by atoms with Crippen molar-refractivity contribution in [3.63, 3.8) is 0 Å². The number of benzene rings is 1. The van der Waals surface area contributed by atoms with Gasteiger partial charge in [0, 0.05) is 55.5 Å². The van der Waals surface area contributed by atoms with Gasteiger partial charge >= 0.3 is 0 Å². The molecule has 0 saturated carbocycles. The average Bonchev–Trinajstić information content (AvgIpc) is 3.33. The normalized spacial score (nSPS) is 15.8. The lowest BCUT2D eigenvalue weighted by Gasteiger charge is -2.29. The first kappa shape index (κ1) is 23.2. The molecule has 182 valence electrons. The molecule has 1 fully saturated rings. The molecular weight excluding hydrogens is 452 g/mol. The number of imidazole rings is 1. The molecule has 0 amide bonds. The van der Waals surface area contributed by atoms with Gasteiger partial charge in [-0.15, -0.1) is 10.2 Å². The molecule has 36 heavy (non-hydrogen) atoms.